The van der Waals surface area contributed by atoms with Crippen LogP contribution in [0.2, 0.25) is 0 Å². The lowest BCUT2D eigenvalue weighted by Crippen LogP contribution is -2.22. The number of aliphatic hydroxyl groups is 1. The van der Waals surface area contributed by atoms with Crippen LogP contribution in [0.25, 0.3) is 0 Å². The molecule has 2 heterocycles. The molecule has 1 aromatic rings. The van der Waals surface area contributed by atoms with Crippen molar-refractivity contribution >= 4 is 36.2 Å². The standard InChI is InChI=1S/C7H10N2OS.2ClH/c10-4-7-9-5-3-8-2-1-6(5)11-7;;/h8,10H,1-4H2;2*1H. The lowest BCUT2D eigenvalue weighted by molar-refractivity contribution is 0.281. The van der Waals surface area contributed by atoms with Crippen molar-refractivity contribution in [3.8, 4) is 0 Å². The Hall–Kier alpha value is 0.130. The number of nitrogens with zero attached hydrogens (tertiary/aromatic N) is 1. The second kappa shape index (κ2) is 5.78. The predicted octanol–water partition coefficient (Wildman–Crippen LogP) is 1.12. The maximum atomic E-state index is 8.81. The minimum Gasteiger partial charge on any atom is -0.389 e. The SMILES string of the molecule is Cl.Cl.OCc1nc2c(s1)CCNC2. The van der Waals surface area contributed by atoms with Crippen molar-refractivity contribution in [1.82, 2.24) is 10.3 Å². The van der Waals surface area contributed by atoms with Gasteiger partial charge in [-0.3, -0.25) is 0 Å². The van der Waals surface area contributed by atoms with Crippen LogP contribution in [0.5, 0.6) is 0 Å². The van der Waals surface area contributed by atoms with E-state index in [4.69, 9.17) is 5.11 Å². The number of halogens is 2. The molecule has 0 bridgehead atoms. The summed E-state index contributed by atoms with van der Waals surface area (Å²) in [4.78, 5) is 5.62. The molecule has 0 spiro atoms. The van der Waals surface area contributed by atoms with E-state index in [-0.39, 0.29) is 31.4 Å². The molecule has 0 aliphatic carbocycles. The quantitative estimate of drug-likeness (QED) is 0.777. The fraction of sp³-hybridized carbons (Fsp3) is 0.571. The third-order valence-electron chi connectivity index (χ3n) is 1.78. The number of fused-ring (bicyclic) bond motifs is 1. The number of rotatable bonds is 1. The number of hydrogen-bond donors (Lipinski definition) is 2. The van der Waals surface area contributed by atoms with Crippen LogP contribution in [-0.2, 0) is 19.6 Å². The molecule has 0 saturated carbocycles. The lowest BCUT2D eigenvalue weighted by Gasteiger charge is -2.09. The van der Waals surface area contributed by atoms with Gasteiger partial charge in [-0.05, 0) is 6.42 Å². The monoisotopic (exact) mass is 242 g/mol. The van der Waals surface area contributed by atoms with Gasteiger partial charge in [0.2, 0.25) is 0 Å². The fourth-order valence-electron chi connectivity index (χ4n) is 1.25. The summed E-state index contributed by atoms with van der Waals surface area (Å²) in [6.07, 6.45) is 1.06. The Labute approximate surface area is 93.4 Å². The van der Waals surface area contributed by atoms with Gasteiger partial charge in [-0.15, -0.1) is 36.2 Å². The summed E-state index contributed by atoms with van der Waals surface area (Å²) in [6.45, 7) is 1.99. The molecule has 13 heavy (non-hydrogen) atoms. The first-order valence-electron chi connectivity index (χ1n) is 3.69. The van der Waals surface area contributed by atoms with Crippen molar-refractivity contribution < 1.29 is 5.11 Å². The van der Waals surface area contributed by atoms with Crippen LogP contribution in [0.15, 0.2) is 0 Å². The Morgan fingerprint density at radius 1 is 1.46 bits per heavy atom. The zero-order valence-corrected chi connectivity index (χ0v) is 9.40. The first-order chi connectivity index (χ1) is 5.40. The average Bonchev–Trinajstić information content (AvgIpc) is 2.46. The van der Waals surface area contributed by atoms with E-state index >= 15 is 0 Å². The highest BCUT2D eigenvalue weighted by atomic mass is 35.5. The van der Waals surface area contributed by atoms with Crippen LogP contribution in [0.1, 0.15) is 15.6 Å². The first-order valence-corrected chi connectivity index (χ1v) is 4.51. The van der Waals surface area contributed by atoms with Crippen molar-refractivity contribution in [3.63, 3.8) is 0 Å². The highest BCUT2D eigenvalue weighted by Crippen LogP contribution is 2.21. The second-order valence-corrected chi connectivity index (χ2v) is 3.73. The van der Waals surface area contributed by atoms with Gasteiger partial charge < -0.3 is 10.4 Å². The molecular weight excluding hydrogens is 231 g/mol. The zero-order valence-electron chi connectivity index (χ0n) is 6.95. The van der Waals surface area contributed by atoms with Gasteiger partial charge >= 0.3 is 0 Å². The van der Waals surface area contributed by atoms with Gasteiger partial charge in [0.15, 0.2) is 0 Å². The predicted molar refractivity (Wildman–Crippen MR) is 57.9 cm³/mol. The minimum absolute atomic E-state index is 0. The summed E-state index contributed by atoms with van der Waals surface area (Å²) in [5, 5.41) is 12.9. The molecule has 1 aromatic heterocycles. The number of hydrogen-bond acceptors (Lipinski definition) is 4. The molecule has 0 unspecified atom stereocenters. The smallest absolute Gasteiger partial charge is 0.119 e. The molecule has 0 aromatic carbocycles. The summed E-state index contributed by atoms with van der Waals surface area (Å²) in [6, 6.07) is 0. The Bertz CT molecular complexity index is 243. The van der Waals surface area contributed by atoms with E-state index in [1.807, 2.05) is 0 Å². The van der Waals surface area contributed by atoms with Crippen molar-refractivity contribution in [1.29, 1.82) is 0 Å². The Morgan fingerprint density at radius 2 is 2.23 bits per heavy atom. The van der Waals surface area contributed by atoms with Crippen molar-refractivity contribution in [2.75, 3.05) is 6.54 Å². The molecule has 3 nitrogen and oxygen atoms in total. The van der Waals surface area contributed by atoms with Crippen LogP contribution in [0.3, 0.4) is 0 Å². The minimum atomic E-state index is 0. The molecule has 76 valence electrons. The molecule has 1 aliphatic rings. The number of nitrogens with one attached hydrogen (secondary N) is 1. The highest BCUT2D eigenvalue weighted by Gasteiger charge is 2.13. The van der Waals surface area contributed by atoms with Crippen LogP contribution < -0.4 is 5.32 Å². The molecule has 0 fully saturated rings. The van der Waals surface area contributed by atoms with Crippen LogP contribution >= 0.6 is 36.2 Å². The molecule has 2 N–H and O–H groups in total. The van der Waals surface area contributed by atoms with Gasteiger partial charge in [-0.2, -0.15) is 0 Å². The third kappa shape index (κ3) is 2.79. The number of aromatic nitrogens is 1. The molecule has 0 saturated heterocycles. The van der Waals surface area contributed by atoms with Crippen molar-refractivity contribution in [2.45, 2.75) is 19.6 Å². The lowest BCUT2D eigenvalue weighted by atomic mass is 10.2. The number of aliphatic hydroxyl groups excluding tert-OH is 1. The molecule has 0 radical (unpaired) electrons. The fourth-order valence-corrected chi connectivity index (χ4v) is 2.19. The van der Waals surface area contributed by atoms with E-state index in [2.05, 4.69) is 10.3 Å². The molecule has 1 aliphatic heterocycles. The summed E-state index contributed by atoms with van der Waals surface area (Å²) in [7, 11) is 0. The van der Waals surface area contributed by atoms with E-state index in [9.17, 15) is 0 Å². The molecular formula is C7H12Cl2N2OS. The Balaban J connectivity index is 0.000000720. The Kier molecular flexibility index (Phi) is 5.83. The van der Waals surface area contributed by atoms with E-state index in [1.54, 1.807) is 11.3 Å². The van der Waals surface area contributed by atoms with E-state index in [0.29, 0.717) is 0 Å². The van der Waals surface area contributed by atoms with E-state index < -0.39 is 0 Å². The van der Waals surface area contributed by atoms with Gasteiger partial charge in [0.05, 0.1) is 12.3 Å². The topological polar surface area (TPSA) is 45.2 Å². The summed E-state index contributed by atoms with van der Waals surface area (Å²) >= 11 is 1.63. The zero-order chi connectivity index (χ0) is 7.68. The summed E-state index contributed by atoms with van der Waals surface area (Å²) < 4.78 is 0. The summed E-state index contributed by atoms with van der Waals surface area (Å²) in [5.41, 5.74) is 1.13. The largest absolute Gasteiger partial charge is 0.389 e. The first kappa shape index (κ1) is 13.1. The van der Waals surface area contributed by atoms with Gasteiger partial charge in [0.1, 0.15) is 5.01 Å². The molecule has 0 amide bonds. The van der Waals surface area contributed by atoms with Crippen molar-refractivity contribution in [3.05, 3.63) is 15.6 Å². The van der Waals surface area contributed by atoms with Gasteiger partial charge in [0, 0.05) is 18.0 Å². The summed E-state index contributed by atoms with van der Waals surface area (Å²) in [5.74, 6) is 0. The molecule has 0 atom stereocenters. The van der Waals surface area contributed by atoms with Gasteiger partial charge in [-0.1, -0.05) is 0 Å². The van der Waals surface area contributed by atoms with E-state index in [0.717, 1.165) is 30.2 Å². The molecule has 2 rings (SSSR count). The van der Waals surface area contributed by atoms with Crippen LogP contribution in [-0.4, -0.2) is 16.6 Å². The van der Waals surface area contributed by atoms with Crippen LogP contribution in [0, 0.1) is 0 Å². The maximum absolute atomic E-state index is 8.81. The third-order valence-corrected chi connectivity index (χ3v) is 2.92. The highest BCUT2D eigenvalue weighted by molar-refractivity contribution is 7.11. The Morgan fingerprint density at radius 3 is 2.85 bits per heavy atom. The molecule has 6 heteroatoms. The van der Waals surface area contributed by atoms with Crippen LogP contribution in [0.4, 0.5) is 0 Å². The van der Waals surface area contributed by atoms with Gasteiger partial charge in [0.25, 0.3) is 0 Å². The maximum Gasteiger partial charge on any atom is 0.119 e. The van der Waals surface area contributed by atoms with Gasteiger partial charge in [-0.25, -0.2) is 4.98 Å². The normalized spacial score (nSPS) is 13.9. The number of thiazole rings is 1. The average molecular weight is 243 g/mol. The van der Waals surface area contributed by atoms with E-state index in [1.165, 1.54) is 4.88 Å². The van der Waals surface area contributed by atoms with Crippen molar-refractivity contribution in [2.24, 2.45) is 0 Å². The second-order valence-electron chi connectivity index (χ2n) is 2.56.